The van der Waals surface area contributed by atoms with Gasteiger partial charge in [0, 0.05) is 17.0 Å². The normalized spacial score (nSPS) is 29.7. The largest absolute Gasteiger partial charge is 0.510 e. The fourth-order valence-electron chi connectivity index (χ4n) is 6.26. The van der Waals surface area contributed by atoms with Gasteiger partial charge in [-0.2, -0.15) is 0 Å². The zero-order valence-electron chi connectivity index (χ0n) is 23.6. The maximum atomic E-state index is 13.9. The van der Waals surface area contributed by atoms with Crippen molar-refractivity contribution in [1.29, 1.82) is 0 Å². The number of primary amides is 1. The molecular formula is C28H36N4O9. The second-order valence-electron chi connectivity index (χ2n) is 12.1. The van der Waals surface area contributed by atoms with E-state index in [-0.39, 0.29) is 23.3 Å². The number of Topliss-reactive ketones (excluding diaryl/α,β-unsaturated/α-hetero) is 2. The number of aromatic hydroxyl groups is 1. The minimum absolute atomic E-state index is 0.0817. The van der Waals surface area contributed by atoms with Gasteiger partial charge in [0.15, 0.2) is 17.1 Å². The first-order chi connectivity index (χ1) is 18.9. The quantitative estimate of drug-likeness (QED) is 0.173. The number of likely N-dealkylation sites (N-methyl/N-ethyl adjacent to an activating group) is 1. The maximum absolute atomic E-state index is 13.9. The minimum Gasteiger partial charge on any atom is -0.510 e. The van der Waals surface area contributed by atoms with Crippen molar-refractivity contribution in [3.05, 3.63) is 45.9 Å². The average Bonchev–Trinajstić information content (AvgIpc) is 2.85. The lowest BCUT2D eigenvalue weighted by atomic mass is 9.55. The Kier molecular flexibility index (Phi) is 7.32. The Bertz CT molecular complexity index is 1420. The number of nitrogens with zero attached hydrogens (tertiary/aromatic N) is 1. The number of amides is 2. The monoisotopic (exact) mass is 572 g/mol. The molecule has 2 amide bonds. The van der Waals surface area contributed by atoms with E-state index in [2.05, 4.69) is 10.6 Å². The van der Waals surface area contributed by atoms with Crippen LogP contribution in [0.1, 0.15) is 49.5 Å². The van der Waals surface area contributed by atoms with Gasteiger partial charge in [0.2, 0.25) is 11.7 Å². The third-order valence-electron chi connectivity index (χ3n) is 8.18. The number of benzene rings is 1. The molecule has 0 aliphatic heterocycles. The summed E-state index contributed by atoms with van der Waals surface area (Å²) in [6.45, 7) is 7.14. The van der Waals surface area contributed by atoms with E-state index in [9.17, 15) is 44.7 Å². The zero-order valence-corrected chi connectivity index (χ0v) is 23.6. The molecule has 41 heavy (non-hydrogen) atoms. The summed E-state index contributed by atoms with van der Waals surface area (Å²) >= 11 is 0. The molecule has 13 heteroatoms. The highest BCUT2D eigenvalue weighted by atomic mass is 16.4. The lowest BCUT2D eigenvalue weighted by molar-refractivity contribution is -0.162. The Morgan fingerprint density at radius 3 is 2.27 bits per heavy atom. The number of ketones is 2. The van der Waals surface area contributed by atoms with E-state index in [0.29, 0.717) is 5.56 Å². The fourth-order valence-corrected chi connectivity index (χ4v) is 6.26. The van der Waals surface area contributed by atoms with Gasteiger partial charge in [-0.25, -0.2) is 0 Å². The molecule has 0 saturated heterocycles. The molecule has 0 fully saturated rings. The van der Waals surface area contributed by atoms with Crippen molar-refractivity contribution in [3.8, 4) is 5.75 Å². The van der Waals surface area contributed by atoms with Gasteiger partial charge in [-0.15, -0.1) is 0 Å². The van der Waals surface area contributed by atoms with Crippen LogP contribution >= 0.6 is 0 Å². The summed E-state index contributed by atoms with van der Waals surface area (Å²) in [5, 5.41) is 62.3. The van der Waals surface area contributed by atoms with E-state index in [1.807, 2.05) is 20.8 Å². The lowest BCUT2D eigenvalue weighted by Gasteiger charge is -2.53. The van der Waals surface area contributed by atoms with Crippen LogP contribution in [0.4, 0.5) is 5.69 Å². The van der Waals surface area contributed by atoms with E-state index in [0.717, 1.165) is 0 Å². The number of aliphatic hydroxyl groups is 4. The highest BCUT2D eigenvalue weighted by Gasteiger charge is 2.67. The van der Waals surface area contributed by atoms with Crippen molar-refractivity contribution in [1.82, 2.24) is 10.2 Å². The number of hydrogen-bond donors (Lipinski definition) is 8. The molecule has 6 atom stereocenters. The lowest BCUT2D eigenvalue weighted by Crippen LogP contribution is -2.68. The molecule has 5 unspecified atom stereocenters. The van der Waals surface area contributed by atoms with Crippen LogP contribution in [-0.2, 0) is 14.4 Å². The number of fused-ring (bicyclic) bond motifs is 3. The van der Waals surface area contributed by atoms with Crippen LogP contribution in [0.5, 0.6) is 5.75 Å². The number of phenolic OH excluding ortho intramolecular Hbond substituents is 1. The van der Waals surface area contributed by atoms with Gasteiger partial charge in [-0.1, -0.05) is 13.0 Å². The summed E-state index contributed by atoms with van der Waals surface area (Å²) in [4.78, 5) is 53.3. The number of carbonyl (C=O) groups is 4. The van der Waals surface area contributed by atoms with E-state index < -0.39 is 87.3 Å². The van der Waals surface area contributed by atoms with Crippen LogP contribution in [0.15, 0.2) is 34.8 Å². The highest BCUT2D eigenvalue weighted by Crippen LogP contribution is 2.56. The van der Waals surface area contributed by atoms with E-state index in [1.54, 1.807) is 6.92 Å². The molecule has 1 aromatic carbocycles. The molecule has 0 bridgehead atoms. The first kappa shape index (κ1) is 30.2. The van der Waals surface area contributed by atoms with Gasteiger partial charge in [0.05, 0.1) is 35.9 Å². The van der Waals surface area contributed by atoms with Crippen molar-refractivity contribution >= 4 is 29.1 Å². The topological polar surface area (TPSA) is 223 Å². The van der Waals surface area contributed by atoms with Crippen LogP contribution in [0.2, 0.25) is 0 Å². The van der Waals surface area contributed by atoms with E-state index >= 15 is 0 Å². The van der Waals surface area contributed by atoms with Crippen LogP contribution in [0.3, 0.4) is 0 Å². The molecule has 3 aliphatic carbocycles. The number of anilines is 1. The molecule has 9 N–H and O–H groups in total. The summed E-state index contributed by atoms with van der Waals surface area (Å²) < 4.78 is 0. The zero-order chi connectivity index (χ0) is 30.9. The smallest absolute Gasteiger partial charge is 0.255 e. The van der Waals surface area contributed by atoms with E-state index in [4.69, 9.17) is 5.73 Å². The van der Waals surface area contributed by atoms with E-state index in [1.165, 1.54) is 31.1 Å². The minimum atomic E-state index is -3.00. The van der Waals surface area contributed by atoms with Crippen LogP contribution in [-0.4, -0.2) is 97.7 Å². The van der Waals surface area contributed by atoms with Gasteiger partial charge in [0.1, 0.15) is 17.1 Å². The average molecular weight is 573 g/mol. The van der Waals surface area contributed by atoms with Crippen molar-refractivity contribution in [2.75, 3.05) is 26.0 Å². The summed E-state index contributed by atoms with van der Waals surface area (Å²) in [5.74, 6) is -10.3. The molecule has 0 radical (unpaired) electrons. The second kappa shape index (κ2) is 9.94. The van der Waals surface area contributed by atoms with Gasteiger partial charge in [-0.05, 0) is 52.4 Å². The fraction of sp³-hybridized carbons (Fsp3) is 0.500. The van der Waals surface area contributed by atoms with Crippen molar-refractivity contribution in [2.24, 2.45) is 17.6 Å². The highest BCUT2D eigenvalue weighted by molar-refractivity contribution is 6.25. The number of aliphatic hydroxyl groups excluding tert-OH is 3. The predicted molar refractivity (Wildman–Crippen MR) is 146 cm³/mol. The predicted octanol–water partition coefficient (Wildman–Crippen LogP) is -0.0210. The number of nitrogens with two attached hydrogens (primary N) is 1. The Hall–Kier alpha value is -3.78. The number of carbonyl (C=O) groups excluding carboxylic acids is 4. The SMILES string of the molecule is CC1c2ccc(NC(=O)CNC(C)(C)C)c(O)c2C(=O)C2=C(O)C3(O)C(=O)C(C(N)=O)=C(O)[C@@H](N(C)C)C3C(O)C21. The second-order valence-corrected chi connectivity index (χ2v) is 12.1. The van der Waals surface area contributed by atoms with Crippen molar-refractivity contribution < 1.29 is 44.7 Å². The number of nitrogens with one attached hydrogen (secondary N) is 2. The first-order valence-electron chi connectivity index (χ1n) is 13.1. The summed E-state index contributed by atoms with van der Waals surface area (Å²) in [7, 11) is 2.93. The molecule has 1 aromatic rings. The molecule has 0 spiro atoms. The van der Waals surface area contributed by atoms with Gasteiger partial charge < -0.3 is 41.9 Å². The molecule has 222 valence electrons. The number of hydrogen-bond acceptors (Lipinski definition) is 11. The summed E-state index contributed by atoms with van der Waals surface area (Å²) in [5.41, 5.74) is 0.414. The summed E-state index contributed by atoms with van der Waals surface area (Å²) in [6, 6.07) is 1.58. The van der Waals surface area contributed by atoms with Crippen molar-refractivity contribution in [3.63, 3.8) is 0 Å². The third kappa shape index (κ3) is 4.49. The number of rotatable bonds is 5. The Labute approximate surface area is 236 Å². The molecule has 0 heterocycles. The molecular weight excluding hydrogens is 536 g/mol. The van der Waals surface area contributed by atoms with Gasteiger partial charge >= 0.3 is 0 Å². The molecule has 3 aliphatic rings. The van der Waals surface area contributed by atoms with Crippen LogP contribution in [0.25, 0.3) is 0 Å². The first-order valence-corrected chi connectivity index (χ1v) is 13.1. The standard InChI is InChI=1S/C28H36N4O9/c1-10-11-7-8-12(31-13(33)9-30-27(2,3)4)20(34)15(11)21(35)16-14(10)22(36)18-19(32(5)6)23(37)17(26(29)40)25(39)28(18,41)24(16)38/h7-8,10,14,18-19,22,30,34,36-38,41H,9H2,1-6H3,(H2,29,40)(H,31,33)/t10?,14?,18?,19-,22?,28?/m0/s1. The Morgan fingerprint density at radius 2 is 1.73 bits per heavy atom. The summed E-state index contributed by atoms with van der Waals surface area (Å²) in [6.07, 6.45) is -1.68. The number of phenols is 1. The van der Waals surface area contributed by atoms with Crippen LogP contribution < -0.4 is 16.4 Å². The maximum Gasteiger partial charge on any atom is 0.255 e. The molecule has 0 saturated carbocycles. The third-order valence-corrected chi connectivity index (χ3v) is 8.18. The molecule has 0 aromatic heterocycles. The van der Waals surface area contributed by atoms with Gasteiger partial charge in [-0.3, -0.25) is 24.1 Å². The van der Waals surface area contributed by atoms with Crippen LogP contribution in [0, 0.1) is 11.8 Å². The van der Waals surface area contributed by atoms with Gasteiger partial charge in [0.25, 0.3) is 5.91 Å². The molecule has 4 rings (SSSR count). The Morgan fingerprint density at radius 1 is 1.12 bits per heavy atom. The van der Waals surface area contributed by atoms with Crippen molar-refractivity contribution in [2.45, 2.75) is 56.9 Å². The Balaban J connectivity index is 1.87. The molecule has 13 nitrogen and oxygen atoms in total.